The van der Waals surface area contributed by atoms with Crippen molar-refractivity contribution in [3.63, 3.8) is 0 Å². The number of carbonyl (C=O) groups excluding carboxylic acids is 3. The second-order valence-corrected chi connectivity index (χ2v) is 14.4. The molecule has 4 rings (SSSR count). The highest BCUT2D eigenvalue weighted by atomic mass is 32.3. The number of amides is 1. The van der Waals surface area contributed by atoms with Gasteiger partial charge in [-0.05, 0) is 42.3 Å². The Morgan fingerprint density at radius 3 is 1.17 bits per heavy atom. The van der Waals surface area contributed by atoms with Crippen molar-refractivity contribution >= 4 is 37.1 Å². The molecule has 8 nitrogen and oxygen atoms in total. The van der Waals surface area contributed by atoms with Gasteiger partial charge in [0.05, 0.1) is 9.79 Å². The third-order valence-electron chi connectivity index (χ3n) is 6.86. The van der Waals surface area contributed by atoms with Crippen LogP contribution in [0.25, 0.3) is 0 Å². The quantitative estimate of drug-likeness (QED) is 0.260. The lowest BCUT2D eigenvalue weighted by atomic mass is 10.0. The standard InChI is InChI=1S/C31H27NO7S2/c1-31(30(32)35,40(36,37)26-16-12-22(13-17-26)20-28(33)24-8-4-2-5-9-24)41(38,39)27-18-14-23(15-19-27)21-29(34)25-10-6-3-7-11-25/h2-19H,20-21H2,1H3,(H2,32,35). The van der Waals surface area contributed by atoms with Gasteiger partial charge in [0.15, 0.2) is 11.6 Å². The van der Waals surface area contributed by atoms with Crippen molar-refractivity contribution in [2.24, 2.45) is 5.73 Å². The Labute approximate surface area is 238 Å². The zero-order valence-corrected chi connectivity index (χ0v) is 23.7. The highest BCUT2D eigenvalue weighted by molar-refractivity contribution is 8.11. The van der Waals surface area contributed by atoms with Crippen LogP contribution in [0.3, 0.4) is 0 Å². The van der Waals surface area contributed by atoms with Crippen molar-refractivity contribution in [1.82, 2.24) is 0 Å². The Morgan fingerprint density at radius 2 is 0.878 bits per heavy atom. The summed E-state index contributed by atoms with van der Waals surface area (Å²) < 4.78 is 51.6. The lowest BCUT2D eigenvalue weighted by molar-refractivity contribution is -0.118. The van der Waals surface area contributed by atoms with E-state index in [0.29, 0.717) is 22.3 Å². The molecule has 2 N–H and O–H groups in total. The fraction of sp³-hybridized carbons (Fsp3) is 0.129. The maximum atomic E-state index is 13.6. The van der Waals surface area contributed by atoms with Gasteiger partial charge in [-0.25, -0.2) is 16.8 Å². The molecule has 0 radical (unpaired) electrons. The number of hydrogen-bond donors (Lipinski definition) is 1. The minimum Gasteiger partial charge on any atom is -0.367 e. The number of nitrogens with two attached hydrogens (primary N) is 1. The first-order valence-electron chi connectivity index (χ1n) is 12.5. The van der Waals surface area contributed by atoms with Crippen LogP contribution in [0, 0.1) is 0 Å². The van der Waals surface area contributed by atoms with Gasteiger partial charge >= 0.3 is 0 Å². The summed E-state index contributed by atoms with van der Waals surface area (Å²) in [7, 11) is -9.74. The van der Waals surface area contributed by atoms with E-state index in [9.17, 15) is 31.2 Å². The molecule has 0 saturated carbocycles. The number of sulfone groups is 2. The number of rotatable bonds is 11. The monoisotopic (exact) mass is 589 g/mol. The van der Waals surface area contributed by atoms with Gasteiger partial charge in [-0.3, -0.25) is 14.4 Å². The molecule has 4 aromatic carbocycles. The van der Waals surface area contributed by atoms with Crippen molar-refractivity contribution in [1.29, 1.82) is 0 Å². The van der Waals surface area contributed by atoms with Gasteiger partial charge in [0.25, 0.3) is 9.99 Å². The molecule has 0 bridgehead atoms. The van der Waals surface area contributed by atoms with Crippen LogP contribution in [0.2, 0.25) is 0 Å². The van der Waals surface area contributed by atoms with E-state index >= 15 is 0 Å². The molecule has 0 spiro atoms. The molecule has 0 saturated heterocycles. The molecule has 210 valence electrons. The first-order valence-corrected chi connectivity index (χ1v) is 15.5. The van der Waals surface area contributed by atoms with E-state index < -0.39 is 39.5 Å². The SMILES string of the molecule is CC(C(N)=O)(S(=O)(=O)c1ccc(CC(=O)c2ccccc2)cc1)S(=O)(=O)c1ccc(CC(=O)c2ccccc2)cc1. The average molecular weight is 590 g/mol. The van der Waals surface area contributed by atoms with Crippen LogP contribution in [0.4, 0.5) is 0 Å². The number of carbonyl (C=O) groups is 3. The third kappa shape index (κ3) is 5.75. The number of hydrogen-bond acceptors (Lipinski definition) is 7. The summed E-state index contributed by atoms with van der Waals surface area (Å²) in [4.78, 5) is 36.7. The Kier molecular flexibility index (Phi) is 8.37. The van der Waals surface area contributed by atoms with Gasteiger partial charge in [0.2, 0.25) is 19.7 Å². The van der Waals surface area contributed by atoms with Gasteiger partial charge in [-0.1, -0.05) is 84.9 Å². The van der Waals surface area contributed by atoms with Crippen LogP contribution in [0.5, 0.6) is 0 Å². The Bertz CT molecular complexity index is 1670. The van der Waals surface area contributed by atoms with Crippen molar-refractivity contribution in [3.05, 3.63) is 131 Å². The second-order valence-electron chi connectivity index (χ2n) is 9.54. The van der Waals surface area contributed by atoms with Crippen LogP contribution in [-0.4, -0.2) is 38.4 Å². The second kappa shape index (κ2) is 11.6. The van der Waals surface area contributed by atoms with Crippen molar-refractivity contribution in [3.8, 4) is 0 Å². The summed E-state index contributed by atoms with van der Waals surface area (Å²) in [6.45, 7) is 0.764. The minimum atomic E-state index is -4.87. The van der Waals surface area contributed by atoms with E-state index in [4.69, 9.17) is 5.73 Å². The first-order chi connectivity index (χ1) is 19.4. The summed E-state index contributed by atoms with van der Waals surface area (Å²) in [5, 5.41) is 0. The van der Waals surface area contributed by atoms with E-state index in [2.05, 4.69) is 0 Å². The fourth-order valence-electron chi connectivity index (χ4n) is 4.25. The van der Waals surface area contributed by atoms with Gasteiger partial charge in [0.1, 0.15) is 0 Å². The third-order valence-corrected chi connectivity index (χ3v) is 12.4. The summed E-state index contributed by atoms with van der Waals surface area (Å²) in [5.74, 6) is -1.93. The number of Topliss-reactive ketones (excluding diaryl/α,β-unsaturated/α-hetero) is 2. The lowest BCUT2D eigenvalue weighted by Crippen LogP contribution is -2.53. The molecule has 0 aliphatic rings. The molecule has 0 aliphatic heterocycles. The Balaban J connectivity index is 1.60. The zero-order valence-electron chi connectivity index (χ0n) is 22.1. The highest BCUT2D eigenvalue weighted by Gasteiger charge is 2.57. The van der Waals surface area contributed by atoms with Crippen LogP contribution < -0.4 is 5.73 Å². The fourth-order valence-corrected chi connectivity index (χ4v) is 8.41. The van der Waals surface area contributed by atoms with Crippen LogP contribution in [0.1, 0.15) is 38.8 Å². The van der Waals surface area contributed by atoms with Crippen molar-refractivity contribution in [2.75, 3.05) is 0 Å². The van der Waals surface area contributed by atoms with E-state index in [-0.39, 0.29) is 24.4 Å². The van der Waals surface area contributed by atoms with Crippen molar-refractivity contribution in [2.45, 2.75) is 33.6 Å². The Morgan fingerprint density at radius 1 is 0.561 bits per heavy atom. The normalized spacial score (nSPS) is 12.0. The van der Waals surface area contributed by atoms with E-state index in [1.54, 1.807) is 60.7 Å². The highest BCUT2D eigenvalue weighted by Crippen LogP contribution is 2.36. The minimum absolute atomic E-state index is 0.00511. The predicted molar refractivity (Wildman–Crippen MR) is 154 cm³/mol. The number of benzene rings is 4. The van der Waals surface area contributed by atoms with Crippen LogP contribution in [-0.2, 0) is 37.3 Å². The molecule has 0 unspecified atom stereocenters. The zero-order chi connectivity index (χ0) is 29.8. The molecule has 0 aromatic heterocycles. The predicted octanol–water partition coefficient (Wildman–Crippen LogP) is 3.99. The van der Waals surface area contributed by atoms with E-state index in [1.807, 2.05) is 0 Å². The van der Waals surface area contributed by atoms with Crippen molar-refractivity contribution < 1.29 is 31.2 Å². The first kappa shape index (κ1) is 29.6. The number of ketones is 2. The smallest absolute Gasteiger partial charge is 0.256 e. The summed E-state index contributed by atoms with van der Waals surface area (Å²) in [5.41, 5.74) is 7.44. The summed E-state index contributed by atoms with van der Waals surface area (Å²) in [6.07, 6.45) is -0.0102. The lowest BCUT2D eigenvalue weighted by Gasteiger charge is -2.26. The maximum Gasteiger partial charge on any atom is 0.256 e. The molecule has 0 heterocycles. The average Bonchev–Trinajstić information content (AvgIpc) is 2.97. The largest absolute Gasteiger partial charge is 0.367 e. The maximum absolute atomic E-state index is 13.6. The topological polar surface area (TPSA) is 146 Å². The molecule has 0 fully saturated rings. The van der Waals surface area contributed by atoms with Gasteiger partial charge < -0.3 is 5.73 Å². The van der Waals surface area contributed by atoms with Gasteiger partial charge in [-0.15, -0.1) is 0 Å². The molecular formula is C31H27NO7S2. The molecule has 0 atom stereocenters. The van der Waals surface area contributed by atoms with Gasteiger partial charge in [-0.2, -0.15) is 0 Å². The molecule has 10 heteroatoms. The molecule has 41 heavy (non-hydrogen) atoms. The van der Waals surface area contributed by atoms with Crippen LogP contribution >= 0.6 is 0 Å². The van der Waals surface area contributed by atoms with E-state index in [0.717, 1.165) is 31.2 Å². The number of primary amides is 1. The molecule has 0 aliphatic carbocycles. The summed E-state index contributed by atoms with van der Waals surface area (Å²) >= 11 is 0. The van der Waals surface area contributed by atoms with Crippen LogP contribution in [0.15, 0.2) is 119 Å². The van der Waals surface area contributed by atoms with Gasteiger partial charge in [0, 0.05) is 24.0 Å². The molecular weight excluding hydrogens is 562 g/mol. The van der Waals surface area contributed by atoms with E-state index in [1.165, 1.54) is 24.3 Å². The summed E-state index contributed by atoms with van der Waals surface area (Å²) in [6, 6.07) is 27.3. The Hall–Kier alpha value is -4.41. The molecule has 1 amide bonds. The molecule has 4 aromatic rings.